The van der Waals surface area contributed by atoms with Gasteiger partial charge < -0.3 is 4.74 Å². The van der Waals surface area contributed by atoms with E-state index in [1.807, 2.05) is 25.1 Å². The van der Waals surface area contributed by atoms with Gasteiger partial charge >= 0.3 is 0 Å². The third-order valence-corrected chi connectivity index (χ3v) is 4.73. The highest BCUT2D eigenvalue weighted by molar-refractivity contribution is 7.92. The number of methoxy groups -OCH3 is 1. The zero-order chi connectivity index (χ0) is 17.1. The van der Waals surface area contributed by atoms with Crippen molar-refractivity contribution in [3.05, 3.63) is 47.7 Å². The Labute approximate surface area is 146 Å². The number of aromatic nitrogens is 2. The zero-order valence-electron chi connectivity index (χ0n) is 14.2. The summed E-state index contributed by atoms with van der Waals surface area (Å²) in [4.78, 5) is 0. The molecule has 0 saturated heterocycles. The van der Waals surface area contributed by atoms with Crippen LogP contribution in [0.3, 0.4) is 0 Å². The highest BCUT2D eigenvalue weighted by Crippen LogP contribution is 2.32. The Hall–Kier alpha value is -2.01. The van der Waals surface area contributed by atoms with Crippen molar-refractivity contribution in [1.82, 2.24) is 9.19 Å². The van der Waals surface area contributed by atoms with Gasteiger partial charge in [0.05, 0.1) is 18.3 Å². The van der Waals surface area contributed by atoms with Crippen LogP contribution < -0.4 is 4.74 Å². The number of fused-ring (bicyclic) bond motifs is 1. The zero-order valence-corrected chi connectivity index (χ0v) is 15.0. The fraction of sp³-hybridized carbons (Fsp3) is 0.316. The minimum Gasteiger partial charge on any atom is -0.496 e. The van der Waals surface area contributed by atoms with E-state index < -0.39 is 0 Å². The predicted molar refractivity (Wildman–Crippen MR) is 99.2 cm³/mol. The molecule has 1 aromatic heterocycles. The summed E-state index contributed by atoms with van der Waals surface area (Å²) in [6.45, 7) is 4.07. The van der Waals surface area contributed by atoms with Gasteiger partial charge in [0.1, 0.15) is 5.75 Å². The van der Waals surface area contributed by atoms with Gasteiger partial charge in [-0.05, 0) is 48.6 Å². The molecule has 1 heterocycles. The molecule has 2 aromatic carbocycles. The Kier molecular flexibility index (Phi) is 5.09. The average Bonchev–Trinajstić information content (AvgIpc) is 2.95. The molecule has 0 atom stereocenters. The summed E-state index contributed by atoms with van der Waals surface area (Å²) in [5.41, 5.74) is 4.92. The van der Waals surface area contributed by atoms with Crippen LogP contribution in [-0.2, 0) is 6.42 Å². The number of halogens is 1. The molecule has 0 aliphatic rings. The van der Waals surface area contributed by atoms with Gasteiger partial charge in [-0.1, -0.05) is 37.6 Å². The lowest BCUT2D eigenvalue weighted by Gasteiger charge is -2.11. The van der Waals surface area contributed by atoms with Crippen molar-refractivity contribution in [3.63, 3.8) is 0 Å². The van der Waals surface area contributed by atoms with E-state index in [9.17, 15) is 3.89 Å². The van der Waals surface area contributed by atoms with Gasteiger partial charge in [-0.2, -0.15) is 9.19 Å². The number of aryl methyl sites for hydroxylation is 2. The van der Waals surface area contributed by atoms with Gasteiger partial charge in [-0.15, -0.1) is 3.89 Å². The molecule has 5 heteroatoms. The maximum atomic E-state index is 13.1. The molecule has 24 heavy (non-hydrogen) atoms. The van der Waals surface area contributed by atoms with E-state index in [-0.39, 0.29) is 12.3 Å². The fourth-order valence-corrected chi connectivity index (χ4v) is 3.35. The Morgan fingerprint density at radius 3 is 2.62 bits per heavy atom. The van der Waals surface area contributed by atoms with Crippen molar-refractivity contribution in [3.8, 4) is 16.9 Å². The highest BCUT2D eigenvalue weighted by atomic mass is 32.2. The molecular weight excluding hydrogens is 323 g/mol. The molecule has 0 amide bonds. The third kappa shape index (κ3) is 3.13. The summed E-state index contributed by atoms with van der Waals surface area (Å²) >= 11 is 0.123. The molecule has 0 saturated carbocycles. The normalized spacial score (nSPS) is 11.2. The van der Waals surface area contributed by atoms with E-state index in [1.165, 1.54) is 9.65 Å². The van der Waals surface area contributed by atoms with Gasteiger partial charge in [0.2, 0.25) is 0 Å². The minimum absolute atomic E-state index is 0.123. The minimum atomic E-state index is 0.123. The van der Waals surface area contributed by atoms with Crippen LogP contribution in [0, 0.1) is 6.92 Å². The average molecular weight is 344 g/mol. The van der Waals surface area contributed by atoms with Crippen LogP contribution >= 0.6 is 12.3 Å². The Morgan fingerprint density at radius 1 is 1.17 bits per heavy atom. The second-order valence-electron chi connectivity index (χ2n) is 5.89. The molecule has 3 aromatic rings. The molecule has 0 unspecified atom stereocenters. The van der Waals surface area contributed by atoms with Crippen molar-refractivity contribution >= 4 is 23.2 Å². The Balaban J connectivity index is 2.03. The number of ether oxygens (including phenoxy) is 1. The van der Waals surface area contributed by atoms with E-state index in [0.717, 1.165) is 52.7 Å². The smallest absolute Gasteiger partial charge is 0.188 e. The molecule has 0 radical (unpaired) electrons. The van der Waals surface area contributed by atoms with Crippen LogP contribution in [0.15, 0.2) is 36.4 Å². The van der Waals surface area contributed by atoms with Gasteiger partial charge in [0.15, 0.2) is 12.3 Å². The standard InChI is InChI=1S/C19H21FN2OS/c1-4-5-6-14-7-8-16(12-19(14)23-3)15-9-10-17-13(2)21-22(24-20)18(17)11-15/h7-12H,4-6H2,1-3H3. The van der Waals surface area contributed by atoms with Crippen molar-refractivity contribution in [2.24, 2.45) is 0 Å². The van der Waals surface area contributed by atoms with E-state index in [2.05, 4.69) is 30.2 Å². The van der Waals surface area contributed by atoms with Gasteiger partial charge in [-0.3, -0.25) is 0 Å². The van der Waals surface area contributed by atoms with E-state index in [4.69, 9.17) is 4.74 Å². The predicted octanol–water partition coefficient (Wildman–Crippen LogP) is 5.74. The van der Waals surface area contributed by atoms with Gasteiger partial charge in [0, 0.05) is 5.39 Å². The van der Waals surface area contributed by atoms with Crippen LogP contribution in [0.4, 0.5) is 3.89 Å². The summed E-state index contributed by atoms with van der Waals surface area (Å²) in [6, 6.07) is 12.3. The maximum absolute atomic E-state index is 13.1. The van der Waals surface area contributed by atoms with Crippen molar-refractivity contribution in [2.75, 3.05) is 7.11 Å². The number of unbranched alkanes of at least 4 members (excludes halogenated alkanes) is 1. The number of nitrogens with zero attached hydrogens (tertiary/aromatic N) is 2. The van der Waals surface area contributed by atoms with Crippen LogP contribution in [0.5, 0.6) is 5.75 Å². The second-order valence-corrected chi connectivity index (χ2v) is 6.37. The lowest BCUT2D eigenvalue weighted by Crippen LogP contribution is -1.93. The molecule has 0 spiro atoms. The Morgan fingerprint density at radius 2 is 1.92 bits per heavy atom. The van der Waals surface area contributed by atoms with Crippen LogP contribution in [0.2, 0.25) is 0 Å². The molecule has 126 valence electrons. The van der Waals surface area contributed by atoms with Gasteiger partial charge in [-0.25, -0.2) is 0 Å². The number of hydrogen-bond acceptors (Lipinski definition) is 3. The third-order valence-electron chi connectivity index (χ3n) is 4.32. The lowest BCUT2D eigenvalue weighted by atomic mass is 9.99. The summed E-state index contributed by atoms with van der Waals surface area (Å²) in [5, 5.41) is 5.17. The van der Waals surface area contributed by atoms with Crippen molar-refractivity contribution in [1.29, 1.82) is 0 Å². The molecule has 0 aliphatic carbocycles. The van der Waals surface area contributed by atoms with Gasteiger partial charge in [0.25, 0.3) is 0 Å². The molecule has 0 bridgehead atoms. The van der Waals surface area contributed by atoms with Crippen LogP contribution in [0.25, 0.3) is 22.0 Å². The van der Waals surface area contributed by atoms with Crippen LogP contribution in [-0.4, -0.2) is 16.3 Å². The lowest BCUT2D eigenvalue weighted by molar-refractivity contribution is 0.409. The van der Waals surface area contributed by atoms with Crippen molar-refractivity contribution in [2.45, 2.75) is 33.1 Å². The van der Waals surface area contributed by atoms with E-state index >= 15 is 0 Å². The largest absolute Gasteiger partial charge is 0.496 e. The fourth-order valence-electron chi connectivity index (χ4n) is 2.97. The number of rotatable bonds is 6. The molecule has 0 N–H and O–H groups in total. The second kappa shape index (κ2) is 7.26. The summed E-state index contributed by atoms with van der Waals surface area (Å²) in [5.74, 6) is 0.908. The summed E-state index contributed by atoms with van der Waals surface area (Å²) in [6.07, 6.45) is 3.32. The first-order chi connectivity index (χ1) is 11.7. The van der Waals surface area contributed by atoms with Crippen molar-refractivity contribution < 1.29 is 8.62 Å². The highest BCUT2D eigenvalue weighted by Gasteiger charge is 2.11. The molecule has 3 rings (SSSR count). The molecule has 0 fully saturated rings. The monoisotopic (exact) mass is 344 g/mol. The van der Waals surface area contributed by atoms with E-state index in [1.54, 1.807) is 7.11 Å². The SMILES string of the molecule is CCCCc1ccc(-c2ccc3c(C)nn(SF)c3c2)cc1OC. The van der Waals surface area contributed by atoms with E-state index in [0.29, 0.717) is 0 Å². The quantitative estimate of drug-likeness (QED) is 0.570. The summed E-state index contributed by atoms with van der Waals surface area (Å²) < 4.78 is 20.0. The number of benzene rings is 2. The molecule has 0 aliphatic heterocycles. The Bertz CT molecular complexity index is 860. The first-order valence-electron chi connectivity index (χ1n) is 8.13. The summed E-state index contributed by atoms with van der Waals surface area (Å²) in [7, 11) is 1.70. The first kappa shape index (κ1) is 16.8. The molecule has 3 nitrogen and oxygen atoms in total. The number of hydrogen-bond donors (Lipinski definition) is 0. The molecular formula is C19H21FN2OS. The first-order valence-corrected chi connectivity index (χ1v) is 8.81. The topological polar surface area (TPSA) is 27.1 Å². The maximum Gasteiger partial charge on any atom is 0.188 e. The van der Waals surface area contributed by atoms with Crippen LogP contribution in [0.1, 0.15) is 31.0 Å².